The summed E-state index contributed by atoms with van der Waals surface area (Å²) in [6, 6.07) is 12.1. The molecule has 2 aliphatic rings. The third-order valence-corrected chi connectivity index (χ3v) is 7.76. The van der Waals surface area contributed by atoms with E-state index in [1.807, 2.05) is 13.1 Å². The minimum atomic E-state index is -1.20. The Bertz CT molecular complexity index is 1240. The van der Waals surface area contributed by atoms with Gasteiger partial charge in [0.15, 0.2) is 11.6 Å². The van der Waals surface area contributed by atoms with Crippen molar-refractivity contribution in [3.63, 3.8) is 0 Å². The molecule has 1 aliphatic heterocycles. The maximum atomic E-state index is 14.2. The predicted octanol–water partition coefficient (Wildman–Crippen LogP) is 4.93. The number of amides is 3. The van der Waals surface area contributed by atoms with Gasteiger partial charge in [-0.15, -0.1) is 12.4 Å². The number of likely N-dealkylation sites (N-methyl/N-ethyl adjacent to an activating group) is 1. The number of methoxy groups -OCH3 is 1. The van der Waals surface area contributed by atoms with Crippen molar-refractivity contribution >= 4 is 30.8 Å². The van der Waals surface area contributed by atoms with Crippen molar-refractivity contribution in [2.45, 2.75) is 50.6 Å². The highest BCUT2D eigenvalue weighted by molar-refractivity contribution is 5.95. The molecule has 8 nitrogen and oxygen atoms in total. The second kappa shape index (κ2) is 13.7. The van der Waals surface area contributed by atoms with Gasteiger partial charge < -0.3 is 15.0 Å². The van der Waals surface area contributed by atoms with E-state index in [4.69, 9.17) is 4.74 Å². The molecular weight excluding hydrogens is 542 g/mol. The number of esters is 1. The number of nitrogens with one attached hydrogen (secondary N) is 1. The number of rotatable bonds is 9. The van der Waals surface area contributed by atoms with Crippen molar-refractivity contribution in [2.24, 2.45) is 0 Å². The van der Waals surface area contributed by atoms with Crippen LogP contribution in [0.1, 0.15) is 55.7 Å². The van der Waals surface area contributed by atoms with Crippen molar-refractivity contribution in [3.05, 3.63) is 82.6 Å². The standard InChI is InChI=1S/C29H34F2N4O4.ClH/c1-19-26(28(37)39-3)27(22-11-14-24(30)25(31)17-22)35(29(38)32-19)34(18-36)16-15-33(2)23-12-9-21(10-13-23)20-7-5-4-6-8-20;/h4-8,11,14,17-18,21,23,27H,9-10,12-13,15-16H2,1-3H3,(H,32,38);1H. The lowest BCUT2D eigenvalue weighted by Crippen LogP contribution is -2.57. The van der Waals surface area contributed by atoms with Gasteiger partial charge in [-0.1, -0.05) is 36.4 Å². The van der Waals surface area contributed by atoms with Crippen LogP contribution in [0.25, 0.3) is 0 Å². The second-order valence-corrected chi connectivity index (χ2v) is 10.0. The zero-order chi connectivity index (χ0) is 28.1. The minimum absolute atomic E-state index is 0. The van der Waals surface area contributed by atoms with Gasteiger partial charge >= 0.3 is 12.0 Å². The highest BCUT2D eigenvalue weighted by Crippen LogP contribution is 2.36. The molecule has 2 aromatic rings. The molecule has 3 amide bonds. The normalized spacial score (nSPS) is 21.0. The van der Waals surface area contributed by atoms with Crippen LogP contribution >= 0.6 is 12.4 Å². The Balaban J connectivity index is 0.00000441. The Morgan fingerprint density at radius 3 is 2.33 bits per heavy atom. The number of urea groups is 1. The Kier molecular flexibility index (Phi) is 10.6. The molecule has 1 atom stereocenters. The first kappa shape index (κ1) is 31.0. The van der Waals surface area contributed by atoms with Gasteiger partial charge in [0.1, 0.15) is 6.04 Å². The van der Waals surface area contributed by atoms with E-state index < -0.39 is 29.7 Å². The Morgan fingerprint density at radius 1 is 1.05 bits per heavy atom. The van der Waals surface area contributed by atoms with Crippen LogP contribution in [0.5, 0.6) is 0 Å². The Labute approximate surface area is 239 Å². The number of carbonyl (C=O) groups is 3. The van der Waals surface area contributed by atoms with Gasteiger partial charge in [-0.3, -0.25) is 9.80 Å². The lowest BCUT2D eigenvalue weighted by atomic mass is 9.81. The third kappa shape index (κ3) is 6.62. The first-order valence-corrected chi connectivity index (χ1v) is 13.1. The average Bonchev–Trinajstić information content (AvgIpc) is 2.95. The van der Waals surface area contributed by atoms with Gasteiger partial charge in [0, 0.05) is 18.3 Å². The zero-order valence-electron chi connectivity index (χ0n) is 22.8. The van der Waals surface area contributed by atoms with E-state index in [0.29, 0.717) is 24.9 Å². The molecule has 1 N–H and O–H groups in total. The van der Waals surface area contributed by atoms with Crippen molar-refractivity contribution in [1.29, 1.82) is 0 Å². The lowest BCUT2D eigenvalue weighted by Gasteiger charge is -2.43. The maximum Gasteiger partial charge on any atom is 0.341 e. The number of benzene rings is 2. The fraction of sp³-hybridized carbons (Fsp3) is 0.414. The molecule has 216 valence electrons. The molecule has 1 unspecified atom stereocenters. The van der Waals surface area contributed by atoms with E-state index in [1.54, 1.807) is 0 Å². The molecule has 0 saturated heterocycles. The van der Waals surface area contributed by atoms with E-state index in [-0.39, 0.29) is 35.8 Å². The van der Waals surface area contributed by atoms with Gasteiger partial charge in [-0.25, -0.2) is 23.4 Å². The number of ether oxygens (including phenoxy) is 1. The topological polar surface area (TPSA) is 82.2 Å². The first-order chi connectivity index (χ1) is 18.7. The maximum absolute atomic E-state index is 14.2. The van der Waals surface area contributed by atoms with Gasteiger partial charge in [-0.05, 0) is 68.8 Å². The molecule has 1 aliphatic carbocycles. The van der Waals surface area contributed by atoms with E-state index in [0.717, 1.165) is 42.8 Å². The summed E-state index contributed by atoms with van der Waals surface area (Å²) in [6.45, 7) is 2.11. The van der Waals surface area contributed by atoms with Crippen LogP contribution in [0.3, 0.4) is 0 Å². The van der Waals surface area contributed by atoms with Gasteiger partial charge in [0.25, 0.3) is 0 Å². The third-order valence-electron chi connectivity index (χ3n) is 7.76. The molecule has 40 heavy (non-hydrogen) atoms. The molecule has 2 aromatic carbocycles. The smallest absolute Gasteiger partial charge is 0.341 e. The van der Waals surface area contributed by atoms with Crippen LogP contribution in [-0.4, -0.2) is 66.6 Å². The summed E-state index contributed by atoms with van der Waals surface area (Å²) >= 11 is 0. The monoisotopic (exact) mass is 576 g/mol. The number of halogens is 3. The summed E-state index contributed by atoms with van der Waals surface area (Å²) in [5, 5.41) is 4.83. The fourth-order valence-electron chi connectivity index (χ4n) is 5.59. The number of carbonyl (C=O) groups excluding carboxylic acids is 3. The molecule has 11 heteroatoms. The van der Waals surface area contributed by atoms with Crippen LogP contribution < -0.4 is 5.32 Å². The Morgan fingerprint density at radius 2 is 1.73 bits per heavy atom. The van der Waals surface area contributed by atoms with Crippen LogP contribution in [0.4, 0.5) is 13.6 Å². The van der Waals surface area contributed by atoms with Gasteiger partial charge in [0.2, 0.25) is 6.41 Å². The second-order valence-electron chi connectivity index (χ2n) is 10.0. The molecule has 4 rings (SSSR count). The van der Waals surface area contributed by atoms with E-state index in [2.05, 4.69) is 34.5 Å². The summed E-state index contributed by atoms with van der Waals surface area (Å²) in [4.78, 5) is 40.4. The Hall–Kier alpha value is -3.50. The summed E-state index contributed by atoms with van der Waals surface area (Å²) in [6.07, 6.45) is 4.65. The predicted molar refractivity (Wildman–Crippen MR) is 148 cm³/mol. The lowest BCUT2D eigenvalue weighted by molar-refractivity contribution is -0.141. The summed E-state index contributed by atoms with van der Waals surface area (Å²) < 4.78 is 32.9. The largest absolute Gasteiger partial charge is 0.466 e. The zero-order valence-corrected chi connectivity index (χ0v) is 23.6. The van der Waals surface area contributed by atoms with Crippen LogP contribution in [0.15, 0.2) is 59.8 Å². The van der Waals surface area contributed by atoms with Crippen LogP contribution in [0, 0.1) is 11.6 Å². The summed E-state index contributed by atoms with van der Waals surface area (Å²) in [7, 11) is 3.17. The quantitative estimate of drug-likeness (QED) is 0.338. The number of hydrazine groups is 1. The number of allylic oxidation sites excluding steroid dienone is 1. The summed E-state index contributed by atoms with van der Waals surface area (Å²) in [5.74, 6) is -2.43. The van der Waals surface area contributed by atoms with Gasteiger partial charge in [0.05, 0.1) is 19.2 Å². The average molecular weight is 577 g/mol. The highest BCUT2D eigenvalue weighted by Gasteiger charge is 2.41. The number of hydrogen-bond donors (Lipinski definition) is 1. The van der Waals surface area contributed by atoms with Gasteiger partial charge in [-0.2, -0.15) is 0 Å². The molecule has 0 aromatic heterocycles. The van der Waals surface area contributed by atoms with Crippen LogP contribution in [0.2, 0.25) is 0 Å². The van der Waals surface area contributed by atoms with Crippen molar-refractivity contribution in [1.82, 2.24) is 20.2 Å². The molecule has 1 saturated carbocycles. The van der Waals surface area contributed by atoms with E-state index in [9.17, 15) is 23.2 Å². The molecule has 1 heterocycles. The van der Waals surface area contributed by atoms with Crippen LogP contribution in [-0.2, 0) is 14.3 Å². The molecule has 0 bridgehead atoms. The van der Waals surface area contributed by atoms with Crippen molar-refractivity contribution in [2.75, 3.05) is 27.2 Å². The SMILES string of the molecule is COC(=O)C1=C(C)NC(=O)N(N(C=O)CCN(C)C2CCC(c3ccccc3)CC2)C1c1ccc(F)c(F)c1.Cl. The van der Waals surface area contributed by atoms with Crippen molar-refractivity contribution in [3.8, 4) is 0 Å². The van der Waals surface area contributed by atoms with E-state index >= 15 is 0 Å². The minimum Gasteiger partial charge on any atom is -0.466 e. The van der Waals surface area contributed by atoms with E-state index in [1.165, 1.54) is 30.7 Å². The summed E-state index contributed by atoms with van der Waals surface area (Å²) in [5.41, 5.74) is 1.70. The number of hydrogen-bond acceptors (Lipinski definition) is 5. The molecular formula is C29H35ClF2N4O4. The molecule has 0 spiro atoms. The van der Waals surface area contributed by atoms with Crippen molar-refractivity contribution < 1.29 is 27.9 Å². The molecule has 0 radical (unpaired) electrons. The molecule has 1 fully saturated rings. The fourth-order valence-corrected chi connectivity index (χ4v) is 5.59. The highest BCUT2D eigenvalue weighted by atomic mass is 35.5. The first-order valence-electron chi connectivity index (χ1n) is 13.1. The number of nitrogens with zero attached hydrogens (tertiary/aromatic N) is 3.